The van der Waals surface area contributed by atoms with Gasteiger partial charge in [0, 0.05) is 13.1 Å². The number of aryl methyl sites for hydroxylation is 1. The smallest absolute Gasteiger partial charge is 0.257 e. The fraction of sp³-hybridized carbons (Fsp3) is 0.727. The van der Waals surface area contributed by atoms with Gasteiger partial charge >= 0.3 is 0 Å². The molecular weight excluding hydrogens is 252 g/mol. The number of nitrogens with one attached hydrogen (secondary N) is 2. The third-order valence-corrected chi connectivity index (χ3v) is 3.76. The molecule has 0 atom stereocenters. The highest BCUT2D eigenvalue weighted by molar-refractivity contribution is 7.89. The van der Waals surface area contributed by atoms with Gasteiger partial charge in [-0.3, -0.25) is 0 Å². The number of sulfonamides is 1. The van der Waals surface area contributed by atoms with Crippen molar-refractivity contribution in [2.45, 2.75) is 25.8 Å². The van der Waals surface area contributed by atoms with Crippen LogP contribution >= 0.6 is 0 Å². The Kier molecular flexibility index (Phi) is 4.52. The normalized spacial score (nSPS) is 13.2. The van der Waals surface area contributed by atoms with E-state index in [1.54, 1.807) is 6.92 Å². The third kappa shape index (κ3) is 4.40. The van der Waals surface area contributed by atoms with Gasteiger partial charge in [-0.25, -0.2) is 18.1 Å². The van der Waals surface area contributed by atoms with Crippen LogP contribution in [-0.4, -0.2) is 50.5 Å². The van der Waals surface area contributed by atoms with Gasteiger partial charge in [-0.2, -0.15) is 0 Å². The minimum Gasteiger partial charge on any atom is -0.332 e. The van der Waals surface area contributed by atoms with Gasteiger partial charge < -0.3 is 9.88 Å². The van der Waals surface area contributed by atoms with E-state index < -0.39 is 10.0 Å². The molecule has 0 bridgehead atoms. The lowest BCUT2D eigenvalue weighted by Crippen LogP contribution is -2.40. The molecule has 18 heavy (non-hydrogen) atoms. The van der Waals surface area contributed by atoms with Crippen LogP contribution in [0.3, 0.4) is 0 Å². The van der Waals surface area contributed by atoms with E-state index in [1.165, 1.54) is 6.20 Å². The lowest BCUT2D eigenvalue weighted by atomic mass is 9.93. The lowest BCUT2D eigenvalue weighted by molar-refractivity contribution is 0.242. The summed E-state index contributed by atoms with van der Waals surface area (Å²) in [7, 11) is 0.439. The molecule has 0 amide bonds. The van der Waals surface area contributed by atoms with Crippen LogP contribution < -0.4 is 4.72 Å². The summed E-state index contributed by atoms with van der Waals surface area (Å²) in [5.74, 6) is 0.586. The average Bonchev–Trinajstić information content (AvgIpc) is 2.61. The molecule has 0 fully saturated rings. The molecule has 1 rings (SSSR count). The maximum absolute atomic E-state index is 12.0. The molecule has 0 radical (unpaired) electrons. The predicted octanol–water partition coefficient (Wildman–Crippen LogP) is 0.584. The summed E-state index contributed by atoms with van der Waals surface area (Å²) in [6.07, 6.45) is 1.33. The second kappa shape index (κ2) is 5.38. The van der Waals surface area contributed by atoms with E-state index in [1.807, 2.05) is 32.8 Å². The van der Waals surface area contributed by atoms with E-state index in [-0.39, 0.29) is 10.4 Å². The van der Waals surface area contributed by atoms with E-state index in [2.05, 4.69) is 14.7 Å². The van der Waals surface area contributed by atoms with E-state index >= 15 is 0 Å². The van der Waals surface area contributed by atoms with E-state index in [0.717, 1.165) is 6.54 Å². The van der Waals surface area contributed by atoms with Gasteiger partial charge in [0.25, 0.3) is 10.0 Å². The first-order chi connectivity index (χ1) is 8.12. The molecule has 104 valence electrons. The zero-order chi connectivity index (χ0) is 14.0. The minimum atomic E-state index is -3.50. The second-order valence-electron chi connectivity index (χ2n) is 5.56. The molecule has 1 aromatic rings. The van der Waals surface area contributed by atoms with Crippen molar-refractivity contribution in [3.05, 3.63) is 12.0 Å². The van der Waals surface area contributed by atoms with E-state index in [9.17, 15) is 8.42 Å². The maximum atomic E-state index is 12.0. The zero-order valence-electron chi connectivity index (χ0n) is 11.6. The van der Waals surface area contributed by atoms with Crippen molar-refractivity contribution in [1.82, 2.24) is 19.6 Å². The van der Waals surface area contributed by atoms with Crippen LogP contribution in [0.2, 0.25) is 0 Å². The summed E-state index contributed by atoms with van der Waals surface area (Å²) < 4.78 is 26.6. The summed E-state index contributed by atoms with van der Waals surface area (Å²) >= 11 is 0. The van der Waals surface area contributed by atoms with Crippen LogP contribution in [-0.2, 0) is 10.0 Å². The van der Waals surface area contributed by atoms with Gasteiger partial charge in [-0.05, 0) is 26.4 Å². The highest BCUT2D eigenvalue weighted by Crippen LogP contribution is 2.15. The summed E-state index contributed by atoms with van der Waals surface area (Å²) in [6.45, 7) is 6.94. The first kappa shape index (κ1) is 15.1. The molecular formula is C11H22N4O2S. The van der Waals surface area contributed by atoms with E-state index in [4.69, 9.17) is 0 Å². The molecule has 0 saturated carbocycles. The molecule has 1 heterocycles. The van der Waals surface area contributed by atoms with Crippen LogP contribution in [0.4, 0.5) is 0 Å². The first-order valence-electron chi connectivity index (χ1n) is 5.78. The molecule has 6 nitrogen and oxygen atoms in total. The second-order valence-corrected chi connectivity index (χ2v) is 7.29. The number of aromatic amines is 1. The number of hydrogen-bond donors (Lipinski definition) is 2. The molecule has 1 aromatic heterocycles. The van der Waals surface area contributed by atoms with Crippen LogP contribution in [0.5, 0.6) is 0 Å². The quantitative estimate of drug-likeness (QED) is 0.795. The van der Waals surface area contributed by atoms with Gasteiger partial charge in [-0.15, -0.1) is 0 Å². The van der Waals surface area contributed by atoms with Gasteiger partial charge in [0.2, 0.25) is 0 Å². The fourth-order valence-electron chi connectivity index (χ4n) is 1.81. The van der Waals surface area contributed by atoms with Crippen molar-refractivity contribution in [3.63, 3.8) is 0 Å². The Labute approximate surface area is 109 Å². The van der Waals surface area contributed by atoms with Crippen molar-refractivity contribution in [2.24, 2.45) is 5.41 Å². The summed E-state index contributed by atoms with van der Waals surface area (Å²) in [4.78, 5) is 8.65. The minimum absolute atomic E-state index is 0.112. The highest BCUT2D eigenvalue weighted by Gasteiger charge is 2.23. The Morgan fingerprint density at radius 2 is 2.06 bits per heavy atom. The van der Waals surface area contributed by atoms with Crippen molar-refractivity contribution < 1.29 is 8.42 Å². The molecule has 0 saturated heterocycles. The van der Waals surface area contributed by atoms with Crippen molar-refractivity contribution in [3.8, 4) is 0 Å². The summed E-state index contributed by atoms with van der Waals surface area (Å²) in [5.41, 5.74) is -0.133. The Bertz CT molecular complexity index is 491. The average molecular weight is 274 g/mol. The molecule has 0 spiro atoms. The summed E-state index contributed by atoms with van der Waals surface area (Å²) in [5, 5.41) is 0.112. The third-order valence-electron chi connectivity index (χ3n) is 2.45. The highest BCUT2D eigenvalue weighted by atomic mass is 32.2. The monoisotopic (exact) mass is 274 g/mol. The molecule has 0 aliphatic carbocycles. The van der Waals surface area contributed by atoms with Crippen LogP contribution in [0.1, 0.15) is 19.7 Å². The van der Waals surface area contributed by atoms with Crippen LogP contribution in [0, 0.1) is 12.3 Å². The lowest BCUT2D eigenvalue weighted by Gasteiger charge is -2.28. The number of imidazole rings is 1. The topological polar surface area (TPSA) is 78.1 Å². The largest absolute Gasteiger partial charge is 0.332 e. The van der Waals surface area contributed by atoms with Gasteiger partial charge in [-0.1, -0.05) is 13.8 Å². The van der Waals surface area contributed by atoms with Gasteiger partial charge in [0.1, 0.15) is 5.82 Å². The molecule has 0 aromatic carbocycles. The first-order valence-corrected chi connectivity index (χ1v) is 7.27. The molecule has 7 heteroatoms. The van der Waals surface area contributed by atoms with Crippen molar-refractivity contribution in [2.75, 3.05) is 27.2 Å². The maximum Gasteiger partial charge on any atom is 0.257 e. The Hall–Kier alpha value is -0.920. The molecule has 2 N–H and O–H groups in total. The van der Waals surface area contributed by atoms with E-state index in [0.29, 0.717) is 12.4 Å². The van der Waals surface area contributed by atoms with Gasteiger partial charge in [0.15, 0.2) is 5.03 Å². The number of hydrogen-bond acceptors (Lipinski definition) is 4. The van der Waals surface area contributed by atoms with Crippen molar-refractivity contribution >= 4 is 10.0 Å². The molecule has 0 aliphatic heterocycles. The fourth-order valence-corrected chi connectivity index (χ4v) is 3.02. The van der Waals surface area contributed by atoms with Crippen LogP contribution in [0.25, 0.3) is 0 Å². The molecule has 0 aliphatic rings. The van der Waals surface area contributed by atoms with Gasteiger partial charge in [0.05, 0.1) is 6.20 Å². The zero-order valence-corrected chi connectivity index (χ0v) is 12.4. The summed E-state index contributed by atoms with van der Waals surface area (Å²) in [6, 6.07) is 0. The number of nitrogens with zero attached hydrogens (tertiary/aromatic N) is 2. The molecule has 0 unspecified atom stereocenters. The number of rotatable bonds is 6. The number of H-pyrrole nitrogens is 1. The van der Waals surface area contributed by atoms with Crippen molar-refractivity contribution in [1.29, 1.82) is 0 Å². The van der Waals surface area contributed by atoms with Crippen LogP contribution in [0.15, 0.2) is 11.2 Å². The Balaban J connectivity index is 2.68. The Morgan fingerprint density at radius 1 is 1.44 bits per heavy atom. The standard InChI is InChI=1S/C11H22N4O2S/c1-9-12-6-10(14-9)18(16,17)13-7-11(2,3)8-15(4)5/h6,13H,7-8H2,1-5H3,(H,12,14). The predicted molar refractivity (Wildman–Crippen MR) is 70.8 cm³/mol. The Morgan fingerprint density at radius 3 is 2.50 bits per heavy atom. The number of aromatic nitrogens is 2. The SMILES string of the molecule is Cc1ncc(S(=O)(=O)NCC(C)(C)CN(C)C)[nH]1.